The molecule has 0 aromatic heterocycles. The SMILES string of the molecule is CCCOCCOCCOCCOCCNC(=O)OC(C)C. The summed E-state index contributed by atoms with van der Waals surface area (Å²) in [5, 5.41) is 2.59. The van der Waals surface area contributed by atoms with Crippen LogP contribution in [0, 0.1) is 0 Å². The molecule has 1 amide bonds. The van der Waals surface area contributed by atoms with Crippen LogP contribution in [0.3, 0.4) is 0 Å². The van der Waals surface area contributed by atoms with Crippen LogP contribution >= 0.6 is 0 Å². The first kappa shape index (κ1) is 21.1. The molecule has 0 saturated heterocycles. The van der Waals surface area contributed by atoms with Gasteiger partial charge >= 0.3 is 6.09 Å². The summed E-state index contributed by atoms with van der Waals surface area (Å²) in [6, 6.07) is 0. The van der Waals surface area contributed by atoms with Crippen LogP contribution < -0.4 is 5.32 Å². The van der Waals surface area contributed by atoms with Gasteiger partial charge in [0, 0.05) is 13.2 Å². The molecule has 0 aromatic carbocycles. The van der Waals surface area contributed by atoms with Crippen molar-refractivity contribution in [1.29, 1.82) is 0 Å². The van der Waals surface area contributed by atoms with E-state index in [-0.39, 0.29) is 6.10 Å². The summed E-state index contributed by atoms with van der Waals surface area (Å²) in [5.41, 5.74) is 0. The summed E-state index contributed by atoms with van der Waals surface area (Å²) in [7, 11) is 0. The Hall–Kier alpha value is -0.890. The second kappa shape index (κ2) is 16.5. The van der Waals surface area contributed by atoms with Crippen LogP contribution in [0.2, 0.25) is 0 Å². The zero-order valence-electron chi connectivity index (χ0n) is 14.1. The number of rotatable bonds is 15. The molecule has 0 heterocycles. The second-order valence-electron chi connectivity index (χ2n) is 4.83. The van der Waals surface area contributed by atoms with E-state index in [0.29, 0.717) is 52.8 Å². The van der Waals surface area contributed by atoms with Crippen molar-refractivity contribution >= 4 is 6.09 Å². The number of nitrogens with one attached hydrogen (secondary N) is 1. The quantitative estimate of drug-likeness (QED) is 0.462. The highest BCUT2D eigenvalue weighted by Crippen LogP contribution is 1.88. The van der Waals surface area contributed by atoms with Gasteiger partial charge in [-0.2, -0.15) is 0 Å². The molecule has 0 rings (SSSR count). The van der Waals surface area contributed by atoms with E-state index in [1.54, 1.807) is 13.8 Å². The Bertz CT molecular complexity index is 250. The van der Waals surface area contributed by atoms with Crippen molar-refractivity contribution in [3.05, 3.63) is 0 Å². The standard InChI is InChI=1S/C15H31NO6/c1-4-6-18-8-10-20-12-13-21-11-9-19-7-5-16-15(17)22-14(2)3/h14H,4-13H2,1-3H3,(H,16,17). The van der Waals surface area contributed by atoms with Crippen LogP contribution in [0.15, 0.2) is 0 Å². The molecule has 0 radical (unpaired) electrons. The molecular weight excluding hydrogens is 290 g/mol. The molecule has 132 valence electrons. The van der Waals surface area contributed by atoms with Crippen molar-refractivity contribution in [2.24, 2.45) is 0 Å². The monoisotopic (exact) mass is 321 g/mol. The van der Waals surface area contributed by atoms with Gasteiger partial charge < -0.3 is 29.0 Å². The number of hydrogen-bond acceptors (Lipinski definition) is 6. The number of carbonyl (C=O) groups excluding carboxylic acids is 1. The number of amides is 1. The van der Waals surface area contributed by atoms with E-state index in [0.717, 1.165) is 13.0 Å². The molecule has 22 heavy (non-hydrogen) atoms. The van der Waals surface area contributed by atoms with E-state index >= 15 is 0 Å². The highest BCUT2D eigenvalue weighted by molar-refractivity contribution is 5.67. The minimum absolute atomic E-state index is 0.116. The lowest BCUT2D eigenvalue weighted by molar-refractivity contribution is -0.00143. The lowest BCUT2D eigenvalue weighted by Crippen LogP contribution is -2.30. The zero-order chi connectivity index (χ0) is 16.5. The van der Waals surface area contributed by atoms with Crippen molar-refractivity contribution in [2.45, 2.75) is 33.3 Å². The van der Waals surface area contributed by atoms with Gasteiger partial charge in [0.25, 0.3) is 0 Å². The van der Waals surface area contributed by atoms with E-state index in [1.165, 1.54) is 0 Å². The first-order valence-corrected chi connectivity index (χ1v) is 7.92. The molecule has 7 nitrogen and oxygen atoms in total. The summed E-state index contributed by atoms with van der Waals surface area (Å²) in [6.45, 7) is 10.6. The van der Waals surface area contributed by atoms with E-state index in [1.807, 2.05) is 0 Å². The fourth-order valence-electron chi connectivity index (χ4n) is 1.39. The lowest BCUT2D eigenvalue weighted by atomic mass is 10.5. The van der Waals surface area contributed by atoms with E-state index < -0.39 is 6.09 Å². The molecule has 0 aliphatic carbocycles. The van der Waals surface area contributed by atoms with Crippen molar-refractivity contribution in [3.8, 4) is 0 Å². The Labute approximate surface area is 133 Å². The fraction of sp³-hybridized carbons (Fsp3) is 0.933. The maximum atomic E-state index is 11.1. The van der Waals surface area contributed by atoms with Crippen LogP contribution in [0.1, 0.15) is 27.2 Å². The largest absolute Gasteiger partial charge is 0.447 e. The van der Waals surface area contributed by atoms with E-state index in [2.05, 4.69) is 12.2 Å². The molecule has 0 atom stereocenters. The second-order valence-corrected chi connectivity index (χ2v) is 4.83. The van der Waals surface area contributed by atoms with Gasteiger partial charge in [-0.05, 0) is 20.3 Å². The van der Waals surface area contributed by atoms with Gasteiger partial charge in [-0.25, -0.2) is 4.79 Å². The topological polar surface area (TPSA) is 75.3 Å². The lowest BCUT2D eigenvalue weighted by Gasteiger charge is -2.10. The van der Waals surface area contributed by atoms with Gasteiger partial charge in [0.05, 0.1) is 52.4 Å². The van der Waals surface area contributed by atoms with Gasteiger partial charge in [-0.3, -0.25) is 0 Å². The number of carbonyl (C=O) groups is 1. The molecule has 0 saturated carbocycles. The highest BCUT2D eigenvalue weighted by Gasteiger charge is 2.02. The van der Waals surface area contributed by atoms with Crippen molar-refractivity contribution in [1.82, 2.24) is 5.32 Å². The number of alkyl carbamates (subject to hydrolysis) is 1. The number of ether oxygens (including phenoxy) is 5. The Kier molecular flexibility index (Phi) is 15.8. The Morgan fingerprint density at radius 1 is 0.818 bits per heavy atom. The third-order valence-corrected chi connectivity index (χ3v) is 2.32. The molecule has 1 N–H and O–H groups in total. The molecule has 7 heteroatoms. The fourth-order valence-corrected chi connectivity index (χ4v) is 1.39. The predicted molar refractivity (Wildman–Crippen MR) is 83.2 cm³/mol. The molecule has 0 aromatic rings. The summed E-state index contributed by atoms with van der Waals surface area (Å²) in [5.74, 6) is 0. The molecular formula is C15H31NO6. The van der Waals surface area contributed by atoms with Gasteiger partial charge in [0.1, 0.15) is 0 Å². The van der Waals surface area contributed by atoms with Gasteiger partial charge in [0.15, 0.2) is 0 Å². The normalized spacial score (nSPS) is 10.9. The average molecular weight is 321 g/mol. The summed E-state index contributed by atoms with van der Waals surface area (Å²) in [4.78, 5) is 11.1. The maximum absolute atomic E-state index is 11.1. The Balaban J connectivity index is 3.07. The van der Waals surface area contributed by atoms with Crippen LogP contribution in [0.5, 0.6) is 0 Å². The summed E-state index contributed by atoms with van der Waals surface area (Å²) >= 11 is 0. The molecule has 0 spiro atoms. The van der Waals surface area contributed by atoms with E-state index in [4.69, 9.17) is 23.7 Å². The molecule has 0 fully saturated rings. The number of hydrogen-bond donors (Lipinski definition) is 1. The third-order valence-electron chi connectivity index (χ3n) is 2.32. The van der Waals surface area contributed by atoms with Gasteiger partial charge in [-0.1, -0.05) is 6.92 Å². The minimum atomic E-state index is -0.421. The van der Waals surface area contributed by atoms with Crippen LogP contribution in [0.25, 0.3) is 0 Å². The van der Waals surface area contributed by atoms with Crippen molar-refractivity contribution in [3.63, 3.8) is 0 Å². The van der Waals surface area contributed by atoms with Crippen molar-refractivity contribution in [2.75, 3.05) is 59.4 Å². The maximum Gasteiger partial charge on any atom is 0.407 e. The minimum Gasteiger partial charge on any atom is -0.447 e. The van der Waals surface area contributed by atoms with Crippen LogP contribution in [-0.2, 0) is 23.7 Å². The summed E-state index contributed by atoms with van der Waals surface area (Å²) in [6.07, 6.45) is 0.488. The van der Waals surface area contributed by atoms with Crippen molar-refractivity contribution < 1.29 is 28.5 Å². The van der Waals surface area contributed by atoms with Gasteiger partial charge in [-0.15, -0.1) is 0 Å². The Morgan fingerprint density at radius 3 is 1.73 bits per heavy atom. The first-order chi connectivity index (χ1) is 10.7. The third kappa shape index (κ3) is 17.2. The molecule has 0 aliphatic heterocycles. The van der Waals surface area contributed by atoms with Crippen LogP contribution in [0.4, 0.5) is 4.79 Å². The van der Waals surface area contributed by atoms with Crippen LogP contribution in [-0.4, -0.2) is 71.6 Å². The zero-order valence-corrected chi connectivity index (χ0v) is 14.1. The highest BCUT2D eigenvalue weighted by atomic mass is 16.6. The van der Waals surface area contributed by atoms with Gasteiger partial charge in [0.2, 0.25) is 0 Å². The molecule has 0 unspecified atom stereocenters. The first-order valence-electron chi connectivity index (χ1n) is 7.92. The molecule has 0 bridgehead atoms. The summed E-state index contributed by atoms with van der Waals surface area (Å²) < 4.78 is 26.2. The predicted octanol–water partition coefficient (Wildman–Crippen LogP) is 1.60. The smallest absolute Gasteiger partial charge is 0.407 e. The Morgan fingerprint density at radius 2 is 1.27 bits per heavy atom. The molecule has 0 aliphatic rings. The van der Waals surface area contributed by atoms with E-state index in [9.17, 15) is 4.79 Å². The average Bonchev–Trinajstić information content (AvgIpc) is 2.47.